The number of hydrogen-bond donors (Lipinski definition) is 0. The number of rotatable bonds is 3. The van der Waals surface area contributed by atoms with Crippen molar-refractivity contribution >= 4 is 27.5 Å². The second-order valence-electron chi connectivity index (χ2n) is 4.71. The second kappa shape index (κ2) is 5.17. The average molecular weight is 342 g/mol. The van der Waals surface area contributed by atoms with Gasteiger partial charge >= 0.3 is 0 Å². The van der Waals surface area contributed by atoms with Crippen molar-refractivity contribution in [1.82, 2.24) is 9.97 Å². The largest absolute Gasteiger partial charge is 0.236 e. The molecule has 2 aromatic rings. The van der Waals surface area contributed by atoms with E-state index in [2.05, 4.69) is 25.9 Å². The van der Waals surface area contributed by atoms with Crippen LogP contribution in [-0.4, -0.2) is 9.97 Å². The van der Waals surface area contributed by atoms with E-state index in [1.807, 2.05) is 6.07 Å². The lowest BCUT2D eigenvalue weighted by atomic mass is 10.1. The summed E-state index contributed by atoms with van der Waals surface area (Å²) < 4.78 is 13.9. The van der Waals surface area contributed by atoms with Crippen LogP contribution >= 0.6 is 27.5 Å². The second-order valence-corrected chi connectivity index (χ2v) is 5.86. The minimum Gasteiger partial charge on any atom is -0.236 e. The van der Waals surface area contributed by atoms with Gasteiger partial charge in [-0.3, -0.25) is 0 Å². The van der Waals surface area contributed by atoms with Gasteiger partial charge < -0.3 is 0 Å². The molecule has 0 unspecified atom stereocenters. The molecule has 3 rings (SSSR count). The lowest BCUT2D eigenvalue weighted by Gasteiger charge is -2.07. The Labute approximate surface area is 124 Å². The van der Waals surface area contributed by atoms with E-state index in [0.29, 0.717) is 23.3 Å². The van der Waals surface area contributed by atoms with Gasteiger partial charge in [-0.2, -0.15) is 0 Å². The minimum atomic E-state index is -0.247. The molecular formula is C14H11BrClFN2. The highest BCUT2D eigenvalue weighted by molar-refractivity contribution is 9.10. The zero-order chi connectivity index (χ0) is 13.4. The number of nitrogens with zero attached hydrogens (tertiary/aromatic N) is 2. The Balaban J connectivity index is 1.92. The predicted octanol–water partition coefficient (Wildman–Crippen LogP) is 4.50. The van der Waals surface area contributed by atoms with E-state index in [9.17, 15) is 4.39 Å². The van der Waals surface area contributed by atoms with Crippen LogP contribution in [0.2, 0.25) is 5.15 Å². The quantitative estimate of drug-likeness (QED) is 0.768. The highest BCUT2D eigenvalue weighted by atomic mass is 79.9. The van der Waals surface area contributed by atoms with Crippen molar-refractivity contribution in [3.63, 3.8) is 0 Å². The molecule has 0 bridgehead atoms. The van der Waals surface area contributed by atoms with Gasteiger partial charge in [0.05, 0.1) is 10.2 Å². The Morgan fingerprint density at radius 1 is 1.32 bits per heavy atom. The zero-order valence-electron chi connectivity index (χ0n) is 10.0. The van der Waals surface area contributed by atoms with E-state index in [0.717, 1.165) is 28.6 Å². The van der Waals surface area contributed by atoms with Crippen LogP contribution in [0.4, 0.5) is 4.39 Å². The fraction of sp³-hybridized carbons (Fsp3) is 0.286. The summed E-state index contributed by atoms with van der Waals surface area (Å²) in [6.07, 6.45) is 2.78. The Kier molecular flexibility index (Phi) is 3.54. The van der Waals surface area contributed by atoms with Gasteiger partial charge in [0.1, 0.15) is 16.8 Å². The van der Waals surface area contributed by atoms with Gasteiger partial charge in [0, 0.05) is 12.3 Å². The third-order valence-corrected chi connectivity index (χ3v) is 4.38. The van der Waals surface area contributed by atoms with Crippen LogP contribution in [-0.2, 0) is 6.42 Å². The maximum atomic E-state index is 13.2. The number of hydrogen-bond acceptors (Lipinski definition) is 2. The molecule has 0 N–H and O–H groups in total. The van der Waals surface area contributed by atoms with Crippen LogP contribution in [0.1, 0.15) is 35.8 Å². The molecule has 0 radical (unpaired) electrons. The molecule has 1 aliphatic carbocycles. The van der Waals surface area contributed by atoms with E-state index in [4.69, 9.17) is 11.6 Å². The van der Waals surface area contributed by atoms with Crippen LogP contribution in [0, 0.1) is 5.82 Å². The summed E-state index contributed by atoms with van der Waals surface area (Å²) >= 11 is 9.55. The van der Waals surface area contributed by atoms with Crippen molar-refractivity contribution < 1.29 is 4.39 Å². The Bertz CT molecular complexity index is 629. The number of aromatic nitrogens is 2. The van der Waals surface area contributed by atoms with E-state index < -0.39 is 0 Å². The Morgan fingerprint density at radius 3 is 2.79 bits per heavy atom. The molecule has 1 saturated carbocycles. The van der Waals surface area contributed by atoms with Crippen molar-refractivity contribution in [1.29, 1.82) is 0 Å². The Morgan fingerprint density at radius 2 is 2.11 bits per heavy atom. The average Bonchev–Trinajstić information content (AvgIpc) is 3.18. The third-order valence-electron chi connectivity index (χ3n) is 3.10. The first-order valence-electron chi connectivity index (χ1n) is 6.10. The normalized spacial score (nSPS) is 14.7. The monoisotopic (exact) mass is 340 g/mol. The smallest absolute Gasteiger partial charge is 0.147 e. The van der Waals surface area contributed by atoms with Gasteiger partial charge in [-0.25, -0.2) is 14.4 Å². The fourth-order valence-electron chi connectivity index (χ4n) is 2.02. The summed E-state index contributed by atoms with van der Waals surface area (Å²) in [6, 6.07) is 6.47. The first-order chi connectivity index (χ1) is 9.13. The van der Waals surface area contributed by atoms with Gasteiger partial charge in [0.2, 0.25) is 0 Å². The molecule has 0 saturated heterocycles. The van der Waals surface area contributed by atoms with E-state index >= 15 is 0 Å². The molecule has 0 spiro atoms. The number of benzene rings is 1. The van der Waals surface area contributed by atoms with Gasteiger partial charge in [0.15, 0.2) is 0 Å². The molecule has 1 aromatic carbocycles. The number of halogens is 3. The molecule has 19 heavy (non-hydrogen) atoms. The summed E-state index contributed by atoms with van der Waals surface area (Å²) in [5.41, 5.74) is 1.83. The van der Waals surface area contributed by atoms with Gasteiger partial charge in [-0.1, -0.05) is 23.7 Å². The van der Waals surface area contributed by atoms with Crippen molar-refractivity contribution in [3.8, 4) is 0 Å². The van der Waals surface area contributed by atoms with Crippen molar-refractivity contribution in [2.75, 3.05) is 0 Å². The summed E-state index contributed by atoms with van der Waals surface area (Å²) in [5, 5.41) is 0.434. The molecule has 1 fully saturated rings. The van der Waals surface area contributed by atoms with Crippen molar-refractivity contribution in [3.05, 3.63) is 56.8 Å². The van der Waals surface area contributed by atoms with Crippen molar-refractivity contribution in [2.45, 2.75) is 25.2 Å². The zero-order valence-corrected chi connectivity index (χ0v) is 12.4. The molecule has 0 atom stereocenters. The van der Waals surface area contributed by atoms with Gasteiger partial charge in [-0.15, -0.1) is 0 Å². The molecule has 1 heterocycles. The topological polar surface area (TPSA) is 25.8 Å². The maximum Gasteiger partial charge on any atom is 0.147 e. The minimum absolute atomic E-state index is 0.247. The highest BCUT2D eigenvalue weighted by Gasteiger charge is 2.29. The van der Waals surface area contributed by atoms with E-state index in [-0.39, 0.29) is 5.82 Å². The fourth-order valence-corrected chi connectivity index (χ4v) is 2.71. The van der Waals surface area contributed by atoms with Gasteiger partial charge in [0.25, 0.3) is 0 Å². The van der Waals surface area contributed by atoms with Crippen molar-refractivity contribution in [2.24, 2.45) is 0 Å². The summed E-state index contributed by atoms with van der Waals surface area (Å²) in [6.45, 7) is 0. The molecule has 1 aromatic heterocycles. The maximum absolute atomic E-state index is 13.2. The summed E-state index contributed by atoms with van der Waals surface area (Å²) in [5.74, 6) is 0.880. The van der Waals surface area contributed by atoms with Crippen LogP contribution in [0.5, 0.6) is 0 Å². The molecule has 1 aliphatic rings. The lowest BCUT2D eigenvalue weighted by molar-refractivity contribution is 0.625. The summed E-state index contributed by atoms with van der Waals surface area (Å²) in [4.78, 5) is 8.81. The highest BCUT2D eigenvalue weighted by Crippen LogP contribution is 2.43. The lowest BCUT2D eigenvalue weighted by Crippen LogP contribution is -2.02. The predicted molar refractivity (Wildman–Crippen MR) is 75.9 cm³/mol. The molecule has 0 amide bonds. The molecule has 98 valence electrons. The van der Waals surface area contributed by atoms with Crippen LogP contribution in [0.3, 0.4) is 0 Å². The summed E-state index contributed by atoms with van der Waals surface area (Å²) in [7, 11) is 0. The van der Waals surface area contributed by atoms with Gasteiger partial charge in [-0.05, 0) is 46.5 Å². The molecule has 5 heteroatoms. The van der Waals surface area contributed by atoms with Crippen LogP contribution in [0.25, 0.3) is 0 Å². The van der Waals surface area contributed by atoms with Crippen LogP contribution < -0.4 is 0 Å². The molecule has 0 aliphatic heterocycles. The van der Waals surface area contributed by atoms with Crippen LogP contribution in [0.15, 0.2) is 28.7 Å². The first kappa shape index (κ1) is 13.0. The van der Waals surface area contributed by atoms with E-state index in [1.54, 1.807) is 6.07 Å². The Hall–Kier alpha value is -1.00. The standard InChI is InChI=1S/C14H11BrClFN2/c15-12-13(9-4-5-9)18-11(19-14(12)16)7-8-2-1-3-10(17)6-8/h1-3,6,9H,4-5,7H2. The van der Waals surface area contributed by atoms with E-state index in [1.165, 1.54) is 12.1 Å². The third kappa shape index (κ3) is 2.95. The SMILES string of the molecule is Fc1cccc(Cc2nc(Cl)c(Br)c(C3CC3)n2)c1. The molecular weight excluding hydrogens is 331 g/mol. The molecule has 2 nitrogen and oxygen atoms in total. The first-order valence-corrected chi connectivity index (χ1v) is 7.27.